The number of carbonyl (C=O) groups excluding carboxylic acids is 4. The van der Waals surface area contributed by atoms with Crippen LogP contribution in [0.1, 0.15) is 80.3 Å². The number of ketones is 1. The van der Waals surface area contributed by atoms with Gasteiger partial charge in [0, 0.05) is 30.5 Å². The molecule has 2 aromatic rings. The van der Waals surface area contributed by atoms with E-state index in [-0.39, 0.29) is 35.7 Å². The Bertz CT molecular complexity index is 1230. The van der Waals surface area contributed by atoms with E-state index >= 15 is 8.78 Å². The second kappa shape index (κ2) is 15.9. The largest absolute Gasteiger partial charge is 0.466 e. The Balaban J connectivity index is 1.66. The smallest absolute Gasteiger partial charge is 0.312 e. The third kappa shape index (κ3) is 9.60. The number of carbonyl (C=O) groups is 4. The van der Waals surface area contributed by atoms with Crippen LogP contribution in [0.3, 0.4) is 0 Å². The van der Waals surface area contributed by atoms with Crippen molar-refractivity contribution >= 4 is 23.6 Å². The molecule has 1 amide bonds. The summed E-state index contributed by atoms with van der Waals surface area (Å²) in [4.78, 5) is 50.0. The van der Waals surface area contributed by atoms with Crippen molar-refractivity contribution in [2.75, 3.05) is 13.2 Å². The first kappa shape index (κ1) is 32.6. The van der Waals surface area contributed by atoms with E-state index in [4.69, 9.17) is 9.47 Å². The topological polar surface area (TPSA) is 90.0 Å². The van der Waals surface area contributed by atoms with Crippen molar-refractivity contribution in [3.05, 3.63) is 83.4 Å². The summed E-state index contributed by atoms with van der Waals surface area (Å²) < 4.78 is 41.6. The molecule has 1 heterocycles. The molecule has 0 saturated carbocycles. The van der Waals surface area contributed by atoms with E-state index in [0.29, 0.717) is 50.0 Å². The predicted octanol–water partition coefficient (Wildman–Crippen LogP) is 6.20. The summed E-state index contributed by atoms with van der Waals surface area (Å²) >= 11 is 0. The van der Waals surface area contributed by atoms with Crippen LogP contribution in [-0.4, -0.2) is 53.8 Å². The summed E-state index contributed by atoms with van der Waals surface area (Å²) in [5.41, 5.74) is 0.724. The molecule has 2 aromatic carbocycles. The summed E-state index contributed by atoms with van der Waals surface area (Å²) in [7, 11) is 0. The Hall–Kier alpha value is -3.88. The van der Waals surface area contributed by atoms with E-state index in [9.17, 15) is 19.2 Å². The van der Waals surface area contributed by atoms with Crippen molar-refractivity contribution in [2.45, 2.75) is 83.3 Å². The Morgan fingerprint density at radius 3 is 2.36 bits per heavy atom. The lowest BCUT2D eigenvalue weighted by atomic mass is 10.0. The Morgan fingerprint density at radius 2 is 1.69 bits per heavy atom. The Morgan fingerprint density at radius 1 is 1.00 bits per heavy atom. The van der Waals surface area contributed by atoms with Gasteiger partial charge in [-0.15, -0.1) is 0 Å². The molecule has 0 unspecified atom stereocenters. The van der Waals surface area contributed by atoms with Gasteiger partial charge in [0.2, 0.25) is 5.91 Å². The number of halogens is 2. The Labute approximate surface area is 245 Å². The molecule has 0 radical (unpaired) electrons. The third-order valence-corrected chi connectivity index (χ3v) is 7.20. The molecule has 7 nitrogen and oxygen atoms in total. The van der Waals surface area contributed by atoms with Gasteiger partial charge in [-0.25, -0.2) is 0 Å². The number of rotatable bonds is 16. The van der Waals surface area contributed by atoms with Crippen LogP contribution >= 0.6 is 0 Å². The second-order valence-electron chi connectivity index (χ2n) is 10.4. The van der Waals surface area contributed by atoms with Crippen LogP contribution in [0.4, 0.5) is 8.78 Å². The quantitative estimate of drug-likeness (QED) is 0.101. The summed E-state index contributed by atoms with van der Waals surface area (Å²) in [5.74, 6) is -4.74. The summed E-state index contributed by atoms with van der Waals surface area (Å²) in [6.45, 7) is 4.03. The molecular weight excluding hydrogens is 544 g/mol. The van der Waals surface area contributed by atoms with Gasteiger partial charge >= 0.3 is 17.9 Å². The molecule has 42 heavy (non-hydrogen) atoms. The van der Waals surface area contributed by atoms with Crippen molar-refractivity contribution in [1.29, 1.82) is 0 Å². The van der Waals surface area contributed by atoms with E-state index in [1.165, 1.54) is 37.3 Å². The fourth-order valence-corrected chi connectivity index (χ4v) is 4.88. The van der Waals surface area contributed by atoms with Crippen LogP contribution in [0.2, 0.25) is 0 Å². The highest BCUT2D eigenvalue weighted by molar-refractivity contribution is 5.94. The van der Waals surface area contributed by atoms with Gasteiger partial charge in [-0.2, -0.15) is 8.78 Å². The zero-order valence-electron chi connectivity index (χ0n) is 24.2. The molecule has 3 rings (SSSR count). The summed E-state index contributed by atoms with van der Waals surface area (Å²) in [5, 5.41) is 0. The normalized spacial score (nSPS) is 16.0. The molecule has 0 aromatic heterocycles. The molecule has 9 heteroatoms. The number of hydrogen-bond donors (Lipinski definition) is 0. The molecule has 1 saturated heterocycles. The number of ether oxygens (including phenoxy) is 2. The van der Waals surface area contributed by atoms with Gasteiger partial charge in [-0.3, -0.25) is 19.2 Å². The molecule has 0 aliphatic carbocycles. The maximum atomic E-state index is 15.7. The van der Waals surface area contributed by atoms with E-state index in [2.05, 4.69) is 0 Å². The van der Waals surface area contributed by atoms with Crippen LogP contribution in [0, 0.1) is 0 Å². The number of likely N-dealkylation sites (tertiary alicyclic amines) is 1. The average Bonchev–Trinajstić information content (AvgIpc) is 3.32. The van der Waals surface area contributed by atoms with Crippen LogP contribution in [-0.2, 0) is 36.2 Å². The zero-order chi connectivity index (χ0) is 30.5. The molecule has 0 N–H and O–H groups in total. The first-order chi connectivity index (χ1) is 20.1. The van der Waals surface area contributed by atoms with Crippen LogP contribution < -0.4 is 0 Å². The van der Waals surface area contributed by atoms with E-state index in [0.717, 1.165) is 19.3 Å². The lowest BCUT2D eigenvalue weighted by Crippen LogP contribution is -2.36. The standard InChI is InChI=1S/C33H39F2NO6/c1-3-41-31(39)13-9-4-5-10-22-36-28(19-21-30(36)38)18-20-29(33(34,35)27-11-7-6-8-12-27)42-32(40)23-25-14-16-26(17-15-25)24(2)37/h6-8,11-12,14-18,20,28-29H,3-5,9-10,13,19,21-23H2,1-2H3/b20-18+/t28-,29+/m0/s1. The zero-order valence-corrected chi connectivity index (χ0v) is 24.2. The molecule has 1 aliphatic rings. The average molecular weight is 584 g/mol. The highest BCUT2D eigenvalue weighted by Crippen LogP contribution is 2.35. The first-order valence-corrected chi connectivity index (χ1v) is 14.5. The fraction of sp³-hybridized carbons (Fsp3) is 0.455. The van der Waals surface area contributed by atoms with Crippen LogP contribution in [0.5, 0.6) is 0 Å². The van der Waals surface area contributed by atoms with Crippen molar-refractivity contribution < 1.29 is 37.4 Å². The lowest BCUT2D eigenvalue weighted by Gasteiger charge is -2.27. The maximum absolute atomic E-state index is 15.7. The molecule has 1 aliphatic heterocycles. The maximum Gasteiger partial charge on any atom is 0.312 e. The minimum absolute atomic E-state index is 0.0476. The highest BCUT2D eigenvalue weighted by Gasteiger charge is 2.43. The molecular formula is C33H39F2NO6. The molecule has 0 spiro atoms. The number of benzene rings is 2. The van der Waals surface area contributed by atoms with Gasteiger partial charge in [0.1, 0.15) is 0 Å². The van der Waals surface area contributed by atoms with Crippen molar-refractivity contribution in [1.82, 2.24) is 4.90 Å². The Kier molecular flexibility index (Phi) is 12.4. The minimum atomic E-state index is -3.52. The summed E-state index contributed by atoms with van der Waals surface area (Å²) in [6, 6.07) is 13.1. The first-order valence-electron chi connectivity index (χ1n) is 14.5. The molecule has 0 bridgehead atoms. The number of esters is 2. The van der Waals surface area contributed by atoms with Gasteiger partial charge in [0.15, 0.2) is 11.9 Å². The monoisotopic (exact) mass is 583 g/mol. The number of nitrogens with zero attached hydrogens (tertiary/aromatic N) is 1. The SMILES string of the molecule is CCOC(=O)CCCCCCN1C(=O)CC[C@@H]1/C=C/[C@@H](OC(=O)Cc1ccc(C(C)=O)cc1)C(F)(F)c1ccccc1. The second-order valence-corrected chi connectivity index (χ2v) is 10.4. The van der Waals surface area contributed by atoms with Gasteiger partial charge in [-0.05, 0) is 44.7 Å². The number of hydrogen-bond acceptors (Lipinski definition) is 6. The van der Waals surface area contributed by atoms with Crippen molar-refractivity contribution in [3.8, 4) is 0 Å². The van der Waals surface area contributed by atoms with Crippen LogP contribution in [0.25, 0.3) is 0 Å². The predicted molar refractivity (Wildman–Crippen MR) is 154 cm³/mol. The third-order valence-electron chi connectivity index (χ3n) is 7.20. The van der Waals surface area contributed by atoms with Crippen molar-refractivity contribution in [3.63, 3.8) is 0 Å². The molecule has 2 atom stereocenters. The number of Topliss-reactive ketones (excluding diaryl/α,β-unsaturated/α-hetero) is 1. The van der Waals surface area contributed by atoms with E-state index in [1.807, 2.05) is 0 Å². The van der Waals surface area contributed by atoms with Gasteiger partial charge in [-0.1, -0.05) is 73.5 Å². The number of alkyl halides is 2. The highest BCUT2D eigenvalue weighted by atomic mass is 19.3. The molecule has 1 fully saturated rings. The summed E-state index contributed by atoms with van der Waals surface area (Å²) in [6.07, 6.45) is 4.84. The van der Waals surface area contributed by atoms with Gasteiger partial charge in [0.05, 0.1) is 19.1 Å². The number of amides is 1. The minimum Gasteiger partial charge on any atom is -0.466 e. The molecule has 226 valence electrons. The van der Waals surface area contributed by atoms with Crippen molar-refractivity contribution in [2.24, 2.45) is 0 Å². The fourth-order valence-electron chi connectivity index (χ4n) is 4.88. The van der Waals surface area contributed by atoms with Gasteiger partial charge < -0.3 is 14.4 Å². The van der Waals surface area contributed by atoms with Crippen LogP contribution in [0.15, 0.2) is 66.7 Å². The van der Waals surface area contributed by atoms with E-state index in [1.54, 1.807) is 48.2 Å². The van der Waals surface area contributed by atoms with E-state index < -0.39 is 18.0 Å². The lowest BCUT2D eigenvalue weighted by molar-refractivity contribution is -0.167. The van der Waals surface area contributed by atoms with Gasteiger partial charge in [0.25, 0.3) is 0 Å². The number of unbranched alkanes of at least 4 members (excludes halogenated alkanes) is 3.